The zero-order chi connectivity index (χ0) is 15.1. The van der Waals surface area contributed by atoms with Crippen LogP contribution in [0.2, 0.25) is 0 Å². The van der Waals surface area contributed by atoms with Crippen LogP contribution in [0.4, 0.5) is 5.69 Å². The van der Waals surface area contributed by atoms with Gasteiger partial charge in [-0.1, -0.05) is 30.7 Å². The number of benzene rings is 1. The van der Waals surface area contributed by atoms with Gasteiger partial charge in [-0.05, 0) is 25.0 Å². The molecule has 1 aromatic rings. The molecule has 0 aromatic heterocycles. The molecule has 0 saturated heterocycles. The number of nitrogens with zero attached hydrogens (tertiary/aromatic N) is 1. The fourth-order valence-corrected chi connectivity index (χ4v) is 1.54. The summed E-state index contributed by atoms with van der Waals surface area (Å²) in [6, 6.07) is 7.11. The Morgan fingerprint density at radius 1 is 1.20 bits per heavy atom. The van der Waals surface area contributed by atoms with Crippen LogP contribution in [0.15, 0.2) is 48.6 Å². The zero-order valence-electron chi connectivity index (χ0n) is 11.9. The third-order valence-corrected chi connectivity index (χ3v) is 2.87. The number of carbonyl (C=O) groups excluding carboxylic acids is 2. The molecule has 0 unspecified atom stereocenters. The molecule has 4 nitrogen and oxygen atoms in total. The first-order valence-electron chi connectivity index (χ1n) is 6.49. The molecule has 0 atom stereocenters. The Labute approximate surface area is 119 Å². The van der Waals surface area contributed by atoms with Crippen LogP contribution in [0.25, 0.3) is 0 Å². The van der Waals surface area contributed by atoms with Crippen molar-refractivity contribution >= 4 is 17.5 Å². The lowest BCUT2D eigenvalue weighted by Gasteiger charge is -2.16. The molecule has 106 valence electrons. The molecule has 4 heteroatoms. The van der Waals surface area contributed by atoms with E-state index in [4.69, 9.17) is 5.73 Å². The van der Waals surface area contributed by atoms with E-state index in [9.17, 15) is 9.59 Å². The summed E-state index contributed by atoms with van der Waals surface area (Å²) >= 11 is 0. The lowest BCUT2D eigenvalue weighted by atomic mass is 10.1. The quantitative estimate of drug-likeness (QED) is 0.679. The fraction of sp³-hybridized carbons (Fsp3) is 0.250. The van der Waals surface area contributed by atoms with Gasteiger partial charge in [-0.2, -0.15) is 0 Å². The third-order valence-electron chi connectivity index (χ3n) is 2.87. The number of amides is 2. The number of allylic oxidation sites excluding steroid dienone is 1. The molecular formula is C16H20N2O2. The van der Waals surface area contributed by atoms with Crippen LogP contribution in [-0.2, 0) is 16.1 Å². The molecule has 0 radical (unpaired) electrons. The maximum Gasteiger partial charge on any atom is 0.258 e. The summed E-state index contributed by atoms with van der Waals surface area (Å²) in [6.07, 6.45) is 3.63. The van der Waals surface area contributed by atoms with Crippen molar-refractivity contribution in [2.75, 3.05) is 4.90 Å². The highest BCUT2D eigenvalue weighted by Crippen LogP contribution is 2.23. The van der Waals surface area contributed by atoms with Gasteiger partial charge >= 0.3 is 0 Å². The largest absolute Gasteiger partial charge is 0.326 e. The number of hydrogen-bond acceptors (Lipinski definition) is 3. The smallest absolute Gasteiger partial charge is 0.258 e. The Bertz CT molecular complexity index is 529. The Morgan fingerprint density at radius 2 is 1.70 bits per heavy atom. The van der Waals surface area contributed by atoms with Crippen molar-refractivity contribution in [1.29, 1.82) is 0 Å². The Hall–Kier alpha value is -2.20. The molecule has 0 fully saturated rings. The maximum atomic E-state index is 11.4. The number of carbonyl (C=O) groups is 2. The van der Waals surface area contributed by atoms with E-state index in [1.165, 1.54) is 17.7 Å². The van der Waals surface area contributed by atoms with Crippen molar-refractivity contribution in [2.24, 2.45) is 5.73 Å². The predicted molar refractivity (Wildman–Crippen MR) is 81.1 cm³/mol. The van der Waals surface area contributed by atoms with Crippen LogP contribution in [0, 0.1) is 0 Å². The van der Waals surface area contributed by atoms with E-state index in [0.29, 0.717) is 12.2 Å². The lowest BCUT2D eigenvalue weighted by molar-refractivity contribution is -0.119. The summed E-state index contributed by atoms with van der Waals surface area (Å²) < 4.78 is 0. The van der Waals surface area contributed by atoms with E-state index in [1.807, 2.05) is 13.0 Å². The SMILES string of the molecule is C=C(C)CC.NCc1ccccc1N1C(=O)C=CC1=O. The van der Waals surface area contributed by atoms with Crippen molar-refractivity contribution < 1.29 is 9.59 Å². The fourth-order valence-electron chi connectivity index (χ4n) is 1.54. The molecule has 0 bridgehead atoms. The second-order valence-corrected chi connectivity index (χ2v) is 4.49. The van der Waals surface area contributed by atoms with Crippen molar-refractivity contribution in [1.82, 2.24) is 0 Å². The van der Waals surface area contributed by atoms with Gasteiger partial charge in [0.05, 0.1) is 5.69 Å². The molecule has 2 rings (SSSR count). The van der Waals surface area contributed by atoms with Crippen LogP contribution in [0.1, 0.15) is 25.8 Å². The van der Waals surface area contributed by atoms with Crippen molar-refractivity contribution in [3.63, 3.8) is 0 Å². The van der Waals surface area contributed by atoms with Gasteiger partial charge in [0.15, 0.2) is 0 Å². The molecule has 20 heavy (non-hydrogen) atoms. The topological polar surface area (TPSA) is 63.4 Å². The Kier molecular flexibility index (Phi) is 5.87. The van der Waals surface area contributed by atoms with E-state index in [2.05, 4.69) is 13.5 Å². The zero-order valence-corrected chi connectivity index (χ0v) is 11.9. The lowest BCUT2D eigenvalue weighted by Crippen LogP contribution is -2.30. The van der Waals surface area contributed by atoms with Gasteiger partial charge in [-0.25, -0.2) is 4.90 Å². The molecule has 2 N–H and O–H groups in total. The van der Waals surface area contributed by atoms with Gasteiger partial charge < -0.3 is 5.73 Å². The second-order valence-electron chi connectivity index (χ2n) is 4.49. The van der Waals surface area contributed by atoms with Crippen molar-refractivity contribution in [3.05, 3.63) is 54.1 Å². The molecule has 1 aliphatic rings. The summed E-state index contributed by atoms with van der Waals surface area (Å²) in [5, 5.41) is 0. The van der Waals surface area contributed by atoms with E-state index in [0.717, 1.165) is 16.9 Å². The molecule has 0 saturated carbocycles. The molecule has 0 spiro atoms. The molecule has 1 aliphatic heterocycles. The number of nitrogens with two attached hydrogens (primary N) is 1. The molecular weight excluding hydrogens is 252 g/mol. The first-order valence-corrected chi connectivity index (χ1v) is 6.49. The van der Waals surface area contributed by atoms with Crippen LogP contribution in [0.5, 0.6) is 0 Å². The summed E-state index contributed by atoms with van der Waals surface area (Å²) in [6.45, 7) is 8.10. The average molecular weight is 272 g/mol. The third kappa shape index (κ3) is 3.90. The van der Waals surface area contributed by atoms with E-state index < -0.39 is 0 Å². The van der Waals surface area contributed by atoms with E-state index in [-0.39, 0.29) is 11.8 Å². The summed E-state index contributed by atoms with van der Waals surface area (Å²) in [7, 11) is 0. The number of imide groups is 1. The Morgan fingerprint density at radius 3 is 2.15 bits per heavy atom. The Balaban J connectivity index is 0.000000347. The summed E-state index contributed by atoms with van der Waals surface area (Å²) in [5.41, 5.74) is 8.14. The predicted octanol–water partition coefficient (Wildman–Crippen LogP) is 2.55. The van der Waals surface area contributed by atoms with Crippen LogP contribution in [-0.4, -0.2) is 11.8 Å². The van der Waals surface area contributed by atoms with Crippen molar-refractivity contribution in [3.8, 4) is 0 Å². The van der Waals surface area contributed by atoms with Gasteiger partial charge in [0.25, 0.3) is 11.8 Å². The van der Waals surface area contributed by atoms with Crippen LogP contribution < -0.4 is 10.6 Å². The molecule has 1 aromatic carbocycles. The van der Waals surface area contributed by atoms with Gasteiger partial charge in [0, 0.05) is 18.7 Å². The van der Waals surface area contributed by atoms with Crippen LogP contribution in [0.3, 0.4) is 0 Å². The minimum absolute atomic E-state index is 0.299. The van der Waals surface area contributed by atoms with Crippen molar-refractivity contribution in [2.45, 2.75) is 26.8 Å². The number of rotatable bonds is 3. The maximum absolute atomic E-state index is 11.4. The highest BCUT2D eigenvalue weighted by atomic mass is 16.2. The number of hydrogen-bond donors (Lipinski definition) is 1. The van der Waals surface area contributed by atoms with E-state index >= 15 is 0 Å². The van der Waals surface area contributed by atoms with Gasteiger partial charge in [-0.3, -0.25) is 9.59 Å². The standard InChI is InChI=1S/C11H10N2O2.C5H10/c12-7-8-3-1-2-4-9(8)13-10(14)5-6-11(13)15;1-4-5(2)3/h1-6H,7,12H2;2,4H2,1,3H3. The highest BCUT2D eigenvalue weighted by molar-refractivity contribution is 6.28. The van der Waals surface area contributed by atoms with Crippen LogP contribution >= 0.6 is 0 Å². The monoisotopic (exact) mass is 272 g/mol. The normalized spacial score (nSPS) is 13.2. The van der Waals surface area contributed by atoms with E-state index in [1.54, 1.807) is 18.2 Å². The number of anilines is 1. The highest BCUT2D eigenvalue weighted by Gasteiger charge is 2.26. The average Bonchev–Trinajstić information content (AvgIpc) is 2.78. The minimum Gasteiger partial charge on any atom is -0.326 e. The van der Waals surface area contributed by atoms with Gasteiger partial charge in [-0.15, -0.1) is 6.58 Å². The number of para-hydroxylation sites is 1. The molecule has 1 heterocycles. The summed E-state index contributed by atoms with van der Waals surface area (Å²) in [4.78, 5) is 24.0. The first kappa shape index (κ1) is 15.9. The molecule has 0 aliphatic carbocycles. The molecule has 2 amide bonds. The minimum atomic E-state index is -0.319. The summed E-state index contributed by atoms with van der Waals surface area (Å²) in [5.74, 6) is -0.637. The first-order chi connectivity index (χ1) is 9.51. The van der Waals surface area contributed by atoms with Gasteiger partial charge in [0.1, 0.15) is 0 Å². The van der Waals surface area contributed by atoms with Gasteiger partial charge in [0.2, 0.25) is 0 Å². The second kappa shape index (κ2) is 7.40.